The van der Waals surface area contributed by atoms with Crippen LogP contribution in [0.1, 0.15) is 19.4 Å². The van der Waals surface area contributed by atoms with Crippen LogP contribution in [0.25, 0.3) is 22.0 Å². The van der Waals surface area contributed by atoms with E-state index in [1.807, 2.05) is 56.4 Å². The fourth-order valence-corrected chi connectivity index (χ4v) is 5.11. The first-order chi connectivity index (χ1) is 16.3. The van der Waals surface area contributed by atoms with E-state index in [9.17, 15) is 4.79 Å². The van der Waals surface area contributed by atoms with Gasteiger partial charge in [-0.25, -0.2) is 4.79 Å². The fraction of sp³-hybridized carbons (Fsp3) is 0.192. The Bertz CT molecular complexity index is 1320. The summed E-state index contributed by atoms with van der Waals surface area (Å²) < 4.78 is 7.93. The van der Waals surface area contributed by atoms with Crippen LogP contribution in [-0.4, -0.2) is 28.6 Å². The summed E-state index contributed by atoms with van der Waals surface area (Å²) in [5.74, 6) is 0.436. The molecule has 0 saturated heterocycles. The van der Waals surface area contributed by atoms with Gasteiger partial charge in [0.2, 0.25) is 0 Å². The summed E-state index contributed by atoms with van der Waals surface area (Å²) in [7, 11) is 0. The van der Waals surface area contributed by atoms with Crippen molar-refractivity contribution in [2.24, 2.45) is 0 Å². The van der Waals surface area contributed by atoms with Crippen LogP contribution in [0, 0.1) is 0 Å². The average Bonchev–Trinajstić information content (AvgIpc) is 3.15. The topological polar surface area (TPSA) is 34.5 Å². The Labute approximate surface area is 218 Å². The number of aromatic nitrogens is 1. The monoisotopic (exact) mass is 534 g/mol. The van der Waals surface area contributed by atoms with Gasteiger partial charge in [-0.15, -0.1) is 0 Å². The molecule has 8 heteroatoms. The standard InChI is InChI=1S/C26H22Cl4N2O2/c1-3-31(4-2)26(33)34-24-6-5-23-22(25(24)17-11-20(29)14-21(30)12-17)7-8-32(23)15-16-9-18(27)13-19(28)10-16/h5-14H,3-4,15H2,1-2H3. The summed E-state index contributed by atoms with van der Waals surface area (Å²) in [6.07, 6.45) is 1.57. The van der Waals surface area contributed by atoms with Gasteiger partial charge in [-0.1, -0.05) is 46.4 Å². The molecule has 0 unspecified atom stereocenters. The zero-order chi connectivity index (χ0) is 24.4. The van der Waals surface area contributed by atoms with Crippen LogP contribution in [0.5, 0.6) is 5.75 Å². The molecular formula is C26H22Cl4N2O2. The van der Waals surface area contributed by atoms with Crippen molar-refractivity contribution in [1.82, 2.24) is 9.47 Å². The SMILES string of the molecule is CCN(CC)C(=O)Oc1ccc2c(ccn2Cc2cc(Cl)cc(Cl)c2)c1-c1cc(Cl)cc(Cl)c1. The van der Waals surface area contributed by atoms with Gasteiger partial charge in [0.05, 0.1) is 0 Å². The normalized spacial score (nSPS) is 11.1. The highest BCUT2D eigenvalue weighted by molar-refractivity contribution is 6.35. The maximum absolute atomic E-state index is 12.8. The van der Waals surface area contributed by atoms with Crippen molar-refractivity contribution in [3.8, 4) is 16.9 Å². The van der Waals surface area contributed by atoms with Crippen LogP contribution in [0.15, 0.2) is 60.8 Å². The summed E-state index contributed by atoms with van der Waals surface area (Å²) in [6, 6.07) is 16.5. The molecule has 0 aliphatic rings. The number of hydrogen-bond donors (Lipinski definition) is 0. The summed E-state index contributed by atoms with van der Waals surface area (Å²) in [5, 5.41) is 3.05. The van der Waals surface area contributed by atoms with Crippen molar-refractivity contribution in [2.45, 2.75) is 20.4 Å². The molecule has 4 aromatic rings. The first-order valence-electron chi connectivity index (χ1n) is 10.8. The zero-order valence-electron chi connectivity index (χ0n) is 18.6. The van der Waals surface area contributed by atoms with Gasteiger partial charge in [-0.05, 0) is 79.6 Å². The Balaban J connectivity index is 1.85. The molecule has 0 aliphatic heterocycles. The highest BCUT2D eigenvalue weighted by atomic mass is 35.5. The van der Waals surface area contributed by atoms with E-state index in [2.05, 4.69) is 4.57 Å². The van der Waals surface area contributed by atoms with E-state index in [4.69, 9.17) is 51.1 Å². The number of hydrogen-bond acceptors (Lipinski definition) is 2. The Kier molecular flexibility index (Phi) is 7.63. The van der Waals surface area contributed by atoms with E-state index in [-0.39, 0.29) is 0 Å². The molecule has 0 spiro atoms. The van der Waals surface area contributed by atoms with Crippen LogP contribution in [0.4, 0.5) is 4.79 Å². The fourth-order valence-electron chi connectivity index (χ4n) is 4.01. The minimum absolute atomic E-state index is 0.410. The number of benzene rings is 3. The summed E-state index contributed by atoms with van der Waals surface area (Å²) in [5.41, 5.74) is 3.42. The lowest BCUT2D eigenvalue weighted by molar-refractivity contribution is 0.157. The largest absolute Gasteiger partial charge is 0.415 e. The van der Waals surface area contributed by atoms with Crippen LogP contribution in [0.3, 0.4) is 0 Å². The van der Waals surface area contributed by atoms with Gasteiger partial charge in [-0.3, -0.25) is 0 Å². The molecule has 4 nitrogen and oxygen atoms in total. The molecule has 0 bridgehead atoms. The highest BCUT2D eigenvalue weighted by Crippen LogP contribution is 2.40. The number of amides is 1. The van der Waals surface area contributed by atoms with Gasteiger partial charge in [0.15, 0.2) is 0 Å². The predicted molar refractivity (Wildman–Crippen MR) is 142 cm³/mol. The predicted octanol–water partition coefficient (Wildman–Crippen LogP) is 8.81. The number of carbonyl (C=O) groups is 1. The molecule has 0 aliphatic carbocycles. The second kappa shape index (κ2) is 10.5. The second-order valence-electron chi connectivity index (χ2n) is 7.79. The summed E-state index contributed by atoms with van der Waals surface area (Å²) >= 11 is 25.0. The number of rotatable bonds is 6. The number of fused-ring (bicyclic) bond motifs is 1. The van der Waals surface area contributed by atoms with Crippen molar-refractivity contribution in [3.63, 3.8) is 0 Å². The molecule has 3 aromatic carbocycles. The van der Waals surface area contributed by atoms with E-state index >= 15 is 0 Å². The van der Waals surface area contributed by atoms with Crippen molar-refractivity contribution in [1.29, 1.82) is 0 Å². The van der Waals surface area contributed by atoms with E-state index < -0.39 is 6.09 Å². The van der Waals surface area contributed by atoms with Crippen molar-refractivity contribution >= 4 is 63.4 Å². The Hall–Kier alpha value is -2.37. The third-order valence-electron chi connectivity index (χ3n) is 5.56. The van der Waals surface area contributed by atoms with Crippen molar-refractivity contribution in [3.05, 3.63) is 86.4 Å². The van der Waals surface area contributed by atoms with E-state index in [1.54, 1.807) is 23.1 Å². The molecule has 0 fully saturated rings. The third-order valence-corrected chi connectivity index (χ3v) is 6.43. The van der Waals surface area contributed by atoms with Crippen molar-refractivity contribution in [2.75, 3.05) is 13.1 Å². The smallest absolute Gasteiger partial charge is 0.410 e. The first-order valence-corrected chi connectivity index (χ1v) is 12.3. The Morgan fingerprint density at radius 2 is 1.44 bits per heavy atom. The van der Waals surface area contributed by atoms with Crippen LogP contribution >= 0.6 is 46.4 Å². The first kappa shape index (κ1) is 24.7. The maximum Gasteiger partial charge on any atom is 0.415 e. The lowest BCUT2D eigenvalue weighted by atomic mass is 10.0. The van der Waals surface area contributed by atoms with Crippen LogP contribution in [0.2, 0.25) is 20.1 Å². The number of halogens is 4. The van der Waals surface area contributed by atoms with Crippen LogP contribution in [-0.2, 0) is 6.54 Å². The minimum Gasteiger partial charge on any atom is -0.410 e. The molecule has 0 N–H and O–H groups in total. The molecule has 0 radical (unpaired) electrons. The van der Waals surface area contributed by atoms with Gasteiger partial charge in [0.1, 0.15) is 5.75 Å². The summed E-state index contributed by atoms with van der Waals surface area (Å²) in [6.45, 7) is 5.49. The van der Waals surface area contributed by atoms with Crippen molar-refractivity contribution < 1.29 is 9.53 Å². The number of nitrogens with zero attached hydrogens (tertiary/aromatic N) is 2. The van der Waals surface area contributed by atoms with E-state index in [0.717, 1.165) is 27.6 Å². The molecule has 1 amide bonds. The lowest BCUT2D eigenvalue weighted by Gasteiger charge is -2.20. The average molecular weight is 536 g/mol. The van der Waals surface area contributed by atoms with Gasteiger partial charge < -0.3 is 14.2 Å². The van der Waals surface area contributed by atoms with E-state index in [1.165, 1.54) is 0 Å². The van der Waals surface area contributed by atoms with E-state index in [0.29, 0.717) is 45.5 Å². The quantitative estimate of drug-likeness (QED) is 0.247. The molecule has 1 aromatic heterocycles. The maximum atomic E-state index is 12.8. The van der Waals surface area contributed by atoms with Gasteiger partial charge in [0.25, 0.3) is 0 Å². The van der Waals surface area contributed by atoms with Gasteiger partial charge >= 0.3 is 6.09 Å². The second-order valence-corrected chi connectivity index (χ2v) is 9.54. The molecule has 0 atom stereocenters. The minimum atomic E-state index is -0.410. The van der Waals surface area contributed by atoms with Gasteiger partial charge in [-0.2, -0.15) is 0 Å². The zero-order valence-corrected chi connectivity index (χ0v) is 21.6. The molecule has 4 rings (SSSR count). The van der Waals surface area contributed by atoms with Gasteiger partial charge in [0, 0.05) is 62.4 Å². The summed E-state index contributed by atoms with van der Waals surface area (Å²) in [4.78, 5) is 14.4. The molecule has 0 saturated carbocycles. The number of ether oxygens (including phenoxy) is 1. The molecular weight excluding hydrogens is 514 g/mol. The lowest BCUT2D eigenvalue weighted by Crippen LogP contribution is -2.33. The highest BCUT2D eigenvalue weighted by Gasteiger charge is 2.20. The molecule has 176 valence electrons. The van der Waals surface area contributed by atoms with Crippen LogP contribution < -0.4 is 4.74 Å². The number of carbonyl (C=O) groups excluding carboxylic acids is 1. The third kappa shape index (κ3) is 5.31. The Morgan fingerprint density at radius 1 is 0.853 bits per heavy atom. The Morgan fingerprint density at radius 3 is 2.03 bits per heavy atom. The molecule has 1 heterocycles. The molecule has 34 heavy (non-hydrogen) atoms.